The summed E-state index contributed by atoms with van der Waals surface area (Å²) >= 11 is 1.84. The summed E-state index contributed by atoms with van der Waals surface area (Å²) in [7, 11) is 0. The largest absolute Gasteiger partial charge is 0.477 e. The van der Waals surface area contributed by atoms with Gasteiger partial charge in [0.2, 0.25) is 0 Å². The van der Waals surface area contributed by atoms with Crippen LogP contribution in [0.4, 0.5) is 5.69 Å². The Morgan fingerprint density at radius 1 is 1.11 bits per heavy atom. The van der Waals surface area contributed by atoms with Gasteiger partial charge in [-0.25, -0.2) is 9.78 Å². The van der Waals surface area contributed by atoms with Gasteiger partial charge in [-0.2, -0.15) is 11.8 Å². The number of aryl methyl sites for hydroxylation is 1. The SMILES string of the molecule is Cc1cc(C(=O)N2CCSCC2)ccc1NC(=O)c1ccnc(C(=O)O)c1. The number of amides is 2. The molecule has 0 bridgehead atoms. The maximum absolute atomic E-state index is 12.6. The van der Waals surface area contributed by atoms with Crippen LogP contribution in [-0.4, -0.2) is 57.4 Å². The van der Waals surface area contributed by atoms with Gasteiger partial charge in [0.05, 0.1) is 0 Å². The minimum atomic E-state index is -1.19. The summed E-state index contributed by atoms with van der Waals surface area (Å²) in [4.78, 5) is 41.5. The van der Waals surface area contributed by atoms with Gasteiger partial charge >= 0.3 is 5.97 Å². The van der Waals surface area contributed by atoms with Crippen molar-refractivity contribution in [1.29, 1.82) is 0 Å². The molecule has 2 amide bonds. The fraction of sp³-hybridized carbons (Fsp3) is 0.263. The Balaban J connectivity index is 1.74. The van der Waals surface area contributed by atoms with Crippen molar-refractivity contribution in [3.8, 4) is 0 Å². The average molecular weight is 385 g/mol. The zero-order chi connectivity index (χ0) is 19.4. The van der Waals surface area contributed by atoms with Gasteiger partial charge in [-0.15, -0.1) is 0 Å². The summed E-state index contributed by atoms with van der Waals surface area (Å²) in [6, 6.07) is 7.82. The zero-order valence-corrected chi connectivity index (χ0v) is 15.6. The maximum atomic E-state index is 12.6. The molecule has 0 atom stereocenters. The van der Waals surface area contributed by atoms with Crippen molar-refractivity contribution in [2.75, 3.05) is 29.9 Å². The number of benzene rings is 1. The summed E-state index contributed by atoms with van der Waals surface area (Å²) in [6.45, 7) is 3.30. The molecule has 0 aliphatic carbocycles. The van der Waals surface area contributed by atoms with Gasteiger partial charge in [0.1, 0.15) is 5.69 Å². The first kappa shape index (κ1) is 18.9. The van der Waals surface area contributed by atoms with E-state index in [9.17, 15) is 14.4 Å². The molecule has 1 aliphatic heterocycles. The second-order valence-corrected chi connectivity index (χ2v) is 7.35. The number of nitrogens with zero attached hydrogens (tertiary/aromatic N) is 2. The smallest absolute Gasteiger partial charge is 0.354 e. The summed E-state index contributed by atoms with van der Waals surface area (Å²) < 4.78 is 0. The number of aromatic carboxylic acids is 1. The van der Waals surface area contributed by atoms with E-state index in [-0.39, 0.29) is 17.2 Å². The third-order valence-electron chi connectivity index (χ3n) is 4.26. The Labute approximate surface area is 160 Å². The quantitative estimate of drug-likeness (QED) is 0.839. The van der Waals surface area contributed by atoms with E-state index >= 15 is 0 Å². The number of rotatable bonds is 4. The van der Waals surface area contributed by atoms with Crippen LogP contribution in [0.1, 0.15) is 36.8 Å². The summed E-state index contributed by atoms with van der Waals surface area (Å²) in [6.07, 6.45) is 1.28. The Kier molecular flexibility index (Phi) is 5.75. The number of carbonyl (C=O) groups is 3. The number of hydrogen-bond donors (Lipinski definition) is 2. The van der Waals surface area contributed by atoms with Gasteiger partial charge in [0.15, 0.2) is 0 Å². The third-order valence-corrected chi connectivity index (χ3v) is 5.20. The summed E-state index contributed by atoms with van der Waals surface area (Å²) in [5.74, 6) is 0.262. The second kappa shape index (κ2) is 8.22. The molecule has 140 valence electrons. The lowest BCUT2D eigenvalue weighted by Crippen LogP contribution is -2.37. The number of hydrogen-bond acceptors (Lipinski definition) is 5. The fourth-order valence-corrected chi connectivity index (χ4v) is 3.67. The molecule has 1 fully saturated rings. The van der Waals surface area contributed by atoms with Gasteiger partial charge in [-0.3, -0.25) is 9.59 Å². The standard InChI is InChI=1S/C19H19N3O4S/c1-12-10-14(18(24)22-6-8-27-9-7-22)2-3-15(12)21-17(23)13-4-5-20-16(11-13)19(25)26/h2-5,10-11H,6-9H2,1H3,(H,21,23)(H,25,26). The van der Waals surface area contributed by atoms with E-state index < -0.39 is 11.9 Å². The molecule has 1 aromatic heterocycles. The molecule has 0 radical (unpaired) electrons. The van der Waals surface area contributed by atoms with Crippen LogP contribution in [0.5, 0.6) is 0 Å². The molecule has 2 aromatic rings. The van der Waals surface area contributed by atoms with Crippen LogP contribution in [0.2, 0.25) is 0 Å². The molecule has 8 heteroatoms. The van der Waals surface area contributed by atoms with Gasteiger partial charge in [-0.1, -0.05) is 0 Å². The Hall–Kier alpha value is -2.87. The Morgan fingerprint density at radius 2 is 1.85 bits per heavy atom. The van der Waals surface area contributed by atoms with Crippen LogP contribution in [0.25, 0.3) is 0 Å². The number of thioether (sulfide) groups is 1. The first-order valence-corrected chi connectivity index (χ1v) is 9.59. The average Bonchev–Trinajstić information content (AvgIpc) is 2.69. The number of nitrogens with one attached hydrogen (secondary N) is 1. The molecule has 1 aliphatic rings. The molecular formula is C19H19N3O4S. The van der Waals surface area contributed by atoms with Crippen LogP contribution < -0.4 is 5.32 Å². The number of pyridine rings is 1. The third kappa shape index (κ3) is 4.46. The summed E-state index contributed by atoms with van der Waals surface area (Å²) in [5.41, 5.74) is 1.93. The first-order chi connectivity index (χ1) is 13.0. The number of aromatic nitrogens is 1. The predicted octanol–water partition coefficient (Wildman–Crippen LogP) is 2.53. The van der Waals surface area contributed by atoms with Crippen molar-refractivity contribution < 1.29 is 19.5 Å². The number of carbonyl (C=O) groups excluding carboxylic acids is 2. The monoisotopic (exact) mass is 385 g/mol. The van der Waals surface area contributed by atoms with Gasteiger partial charge in [0, 0.05) is 47.6 Å². The minimum absolute atomic E-state index is 0.00323. The van der Waals surface area contributed by atoms with Crippen LogP contribution in [-0.2, 0) is 0 Å². The highest BCUT2D eigenvalue weighted by Crippen LogP contribution is 2.20. The lowest BCUT2D eigenvalue weighted by Gasteiger charge is -2.26. The number of carboxylic acid groups (broad SMARTS) is 1. The minimum Gasteiger partial charge on any atom is -0.477 e. The molecule has 7 nitrogen and oxygen atoms in total. The molecule has 0 spiro atoms. The highest BCUT2D eigenvalue weighted by atomic mass is 32.2. The van der Waals surface area contributed by atoms with Gasteiger partial charge < -0.3 is 15.3 Å². The molecule has 1 aromatic carbocycles. The topological polar surface area (TPSA) is 99.6 Å². The highest BCUT2D eigenvalue weighted by molar-refractivity contribution is 7.99. The van der Waals surface area contributed by atoms with Crippen molar-refractivity contribution in [3.05, 3.63) is 58.9 Å². The van der Waals surface area contributed by atoms with Crippen molar-refractivity contribution in [2.24, 2.45) is 0 Å². The van der Waals surface area contributed by atoms with Crippen molar-refractivity contribution >= 4 is 35.2 Å². The normalized spacial score (nSPS) is 13.9. The molecule has 1 saturated heterocycles. The van der Waals surface area contributed by atoms with E-state index in [2.05, 4.69) is 10.3 Å². The van der Waals surface area contributed by atoms with E-state index in [0.717, 1.165) is 30.2 Å². The predicted molar refractivity (Wildman–Crippen MR) is 104 cm³/mol. The molecule has 27 heavy (non-hydrogen) atoms. The van der Waals surface area contributed by atoms with Crippen LogP contribution in [0.15, 0.2) is 36.5 Å². The maximum Gasteiger partial charge on any atom is 0.354 e. The van der Waals surface area contributed by atoms with Crippen molar-refractivity contribution in [2.45, 2.75) is 6.92 Å². The number of carboxylic acids is 1. The molecule has 0 saturated carbocycles. The lowest BCUT2D eigenvalue weighted by atomic mass is 10.1. The van der Waals surface area contributed by atoms with Crippen molar-refractivity contribution in [1.82, 2.24) is 9.88 Å². The zero-order valence-electron chi connectivity index (χ0n) is 14.8. The van der Waals surface area contributed by atoms with Crippen LogP contribution >= 0.6 is 11.8 Å². The highest BCUT2D eigenvalue weighted by Gasteiger charge is 2.19. The van der Waals surface area contributed by atoms with E-state index in [1.54, 1.807) is 18.2 Å². The second-order valence-electron chi connectivity index (χ2n) is 6.12. The Morgan fingerprint density at radius 3 is 2.52 bits per heavy atom. The molecular weight excluding hydrogens is 366 g/mol. The van der Waals surface area contributed by atoms with Crippen molar-refractivity contribution in [3.63, 3.8) is 0 Å². The molecule has 2 heterocycles. The van der Waals surface area contributed by atoms with E-state index in [1.165, 1.54) is 18.3 Å². The lowest BCUT2D eigenvalue weighted by molar-refractivity contribution is 0.0689. The van der Waals surface area contributed by atoms with Gasteiger partial charge in [0.25, 0.3) is 11.8 Å². The first-order valence-electron chi connectivity index (χ1n) is 8.44. The Bertz CT molecular complexity index is 894. The van der Waals surface area contributed by atoms with Gasteiger partial charge in [-0.05, 0) is 42.8 Å². The molecule has 2 N–H and O–H groups in total. The molecule has 3 rings (SSSR count). The van der Waals surface area contributed by atoms with E-state index in [1.807, 2.05) is 23.6 Å². The summed E-state index contributed by atoms with van der Waals surface area (Å²) in [5, 5.41) is 11.7. The van der Waals surface area contributed by atoms with Crippen LogP contribution in [0.3, 0.4) is 0 Å². The number of anilines is 1. The van der Waals surface area contributed by atoms with E-state index in [4.69, 9.17) is 5.11 Å². The van der Waals surface area contributed by atoms with E-state index in [0.29, 0.717) is 11.3 Å². The van der Waals surface area contributed by atoms with Crippen LogP contribution in [0, 0.1) is 6.92 Å². The fourth-order valence-electron chi connectivity index (χ4n) is 2.77. The molecule has 0 unspecified atom stereocenters.